The van der Waals surface area contributed by atoms with Gasteiger partial charge in [0.05, 0.1) is 16.8 Å². The van der Waals surface area contributed by atoms with Crippen molar-refractivity contribution in [1.82, 2.24) is 14.5 Å². The van der Waals surface area contributed by atoms with Gasteiger partial charge in [0.25, 0.3) is 5.56 Å². The molecule has 0 radical (unpaired) electrons. The fourth-order valence-electron chi connectivity index (χ4n) is 3.14. The van der Waals surface area contributed by atoms with Gasteiger partial charge in [0.1, 0.15) is 16.4 Å². The maximum absolute atomic E-state index is 12.8. The third-order valence-electron chi connectivity index (χ3n) is 4.89. The summed E-state index contributed by atoms with van der Waals surface area (Å²) in [6.07, 6.45) is 1.44. The fraction of sp³-hybridized carbons (Fsp3) is 0.333. The lowest BCUT2D eigenvalue weighted by Gasteiger charge is -2.09. The number of halogens is 3. The maximum Gasteiger partial charge on any atom is 0.422 e. The highest BCUT2D eigenvalue weighted by molar-refractivity contribution is 7.19. The van der Waals surface area contributed by atoms with Crippen molar-refractivity contribution in [3.8, 4) is 5.75 Å². The third kappa shape index (κ3) is 7.67. The number of rotatable bonds is 10. The van der Waals surface area contributed by atoms with Gasteiger partial charge in [0, 0.05) is 26.7 Å². The Balaban J connectivity index is 1.63. The topological polar surface area (TPSA) is 93.5 Å². The molecule has 0 unspecified atom stereocenters. The number of nitrogens with one attached hydrogen (secondary N) is 1. The number of thiazole rings is 1. The highest BCUT2D eigenvalue weighted by atomic mass is 32.1. The Bertz CT molecular complexity index is 1310. The summed E-state index contributed by atoms with van der Waals surface area (Å²) in [6.45, 7) is -1.34. The molecule has 0 bridgehead atoms. The average Bonchev–Trinajstić information content (AvgIpc) is 3.22. The van der Waals surface area contributed by atoms with Crippen molar-refractivity contribution in [2.45, 2.75) is 32.0 Å². The van der Waals surface area contributed by atoms with Gasteiger partial charge in [-0.25, -0.2) is 4.98 Å². The van der Waals surface area contributed by atoms with Crippen LogP contribution in [0.1, 0.15) is 24.3 Å². The number of pyridine rings is 1. The van der Waals surface area contributed by atoms with Crippen molar-refractivity contribution in [2.24, 2.45) is 0 Å². The standard InChI is InChI=1S/C24H25F3N4O4S/c1-30(2)21(33)12-5-3-4-11-19(32)28-17-9-7-13-31(23(17)34)14-20-29-16-8-6-10-18(22(16)36-20)35-15-24(25,26)27/h5-10,12-13H,3-4,11,14-15H2,1-2H3,(H,28,32)/b12-5+. The summed E-state index contributed by atoms with van der Waals surface area (Å²) in [5.41, 5.74) is 0.139. The molecule has 2 aromatic heterocycles. The van der Waals surface area contributed by atoms with E-state index in [4.69, 9.17) is 4.74 Å². The number of carbonyl (C=O) groups is 2. The summed E-state index contributed by atoms with van der Waals surface area (Å²) >= 11 is 1.13. The lowest BCUT2D eigenvalue weighted by atomic mass is 10.2. The van der Waals surface area contributed by atoms with Crippen molar-refractivity contribution >= 4 is 39.1 Å². The lowest BCUT2D eigenvalue weighted by Crippen LogP contribution is -2.25. The number of nitrogens with zero attached hydrogens (tertiary/aromatic N) is 3. The number of allylic oxidation sites excluding steroid dienone is 1. The Morgan fingerprint density at radius 2 is 2.00 bits per heavy atom. The second-order valence-corrected chi connectivity index (χ2v) is 9.13. The van der Waals surface area contributed by atoms with Crippen molar-refractivity contribution in [2.75, 3.05) is 26.0 Å². The van der Waals surface area contributed by atoms with Gasteiger partial charge in [-0.15, -0.1) is 11.3 Å². The average molecular weight is 523 g/mol. The molecular formula is C24H25F3N4O4S. The van der Waals surface area contributed by atoms with Crippen LogP contribution in [0.15, 0.2) is 53.5 Å². The smallest absolute Gasteiger partial charge is 0.422 e. The van der Waals surface area contributed by atoms with E-state index >= 15 is 0 Å². The number of ether oxygens (including phenoxy) is 1. The molecule has 8 nitrogen and oxygen atoms in total. The number of alkyl halides is 3. The number of unbranched alkanes of at least 4 members (excludes halogenated alkanes) is 1. The van der Waals surface area contributed by atoms with E-state index in [1.54, 1.807) is 38.4 Å². The number of amides is 2. The lowest BCUT2D eigenvalue weighted by molar-refractivity contribution is -0.153. The second kappa shape index (κ2) is 11.8. The van der Waals surface area contributed by atoms with Crippen LogP contribution < -0.4 is 15.6 Å². The predicted molar refractivity (Wildman–Crippen MR) is 131 cm³/mol. The molecule has 3 aromatic rings. The van der Waals surface area contributed by atoms with E-state index in [9.17, 15) is 27.6 Å². The molecule has 2 amide bonds. The largest absolute Gasteiger partial charge is 0.483 e. The Hall–Kier alpha value is -3.67. The molecule has 1 aromatic carbocycles. The Labute approximate surface area is 209 Å². The normalized spacial score (nSPS) is 11.7. The van der Waals surface area contributed by atoms with Crippen LogP contribution in [0.3, 0.4) is 0 Å². The van der Waals surface area contributed by atoms with E-state index in [-0.39, 0.29) is 36.2 Å². The Kier molecular flexibility index (Phi) is 8.86. The van der Waals surface area contributed by atoms with E-state index in [1.807, 2.05) is 0 Å². The molecule has 3 rings (SSSR count). The molecule has 36 heavy (non-hydrogen) atoms. The zero-order chi connectivity index (χ0) is 26.3. The summed E-state index contributed by atoms with van der Waals surface area (Å²) in [5.74, 6) is -0.394. The minimum atomic E-state index is -4.46. The van der Waals surface area contributed by atoms with Crippen LogP contribution in [-0.2, 0) is 16.1 Å². The van der Waals surface area contributed by atoms with Crippen molar-refractivity contribution in [1.29, 1.82) is 0 Å². The van der Waals surface area contributed by atoms with Crippen LogP contribution >= 0.6 is 11.3 Å². The van der Waals surface area contributed by atoms with Gasteiger partial charge in [-0.3, -0.25) is 14.4 Å². The number of carbonyl (C=O) groups excluding carboxylic acids is 2. The molecule has 0 saturated heterocycles. The number of fused-ring (bicyclic) bond motifs is 1. The summed E-state index contributed by atoms with van der Waals surface area (Å²) in [5, 5.41) is 3.10. The summed E-state index contributed by atoms with van der Waals surface area (Å²) in [7, 11) is 3.29. The first-order valence-corrected chi connectivity index (χ1v) is 11.8. The van der Waals surface area contributed by atoms with Crippen molar-refractivity contribution in [3.63, 3.8) is 0 Å². The zero-order valence-corrected chi connectivity index (χ0v) is 20.5. The van der Waals surface area contributed by atoms with E-state index in [1.165, 1.54) is 33.9 Å². The van der Waals surface area contributed by atoms with Crippen LogP contribution in [0, 0.1) is 0 Å². The molecule has 0 aliphatic heterocycles. The number of anilines is 1. The Morgan fingerprint density at radius 1 is 1.22 bits per heavy atom. The van der Waals surface area contributed by atoms with Gasteiger partial charge in [-0.05, 0) is 43.2 Å². The number of likely N-dealkylation sites (N-methyl/N-ethyl adjacent to an activating group) is 1. The fourth-order valence-corrected chi connectivity index (χ4v) is 4.17. The Morgan fingerprint density at radius 3 is 2.72 bits per heavy atom. The minimum absolute atomic E-state index is 0.0721. The molecular weight excluding hydrogens is 497 g/mol. The summed E-state index contributed by atoms with van der Waals surface area (Å²) in [6, 6.07) is 7.75. The number of hydrogen-bond acceptors (Lipinski definition) is 6. The van der Waals surface area contributed by atoms with Gasteiger partial charge >= 0.3 is 6.18 Å². The van der Waals surface area contributed by atoms with E-state index in [0.717, 1.165) is 11.3 Å². The van der Waals surface area contributed by atoms with Gasteiger partial charge in [0.2, 0.25) is 11.8 Å². The summed E-state index contributed by atoms with van der Waals surface area (Å²) in [4.78, 5) is 42.4. The monoisotopic (exact) mass is 522 g/mol. The van der Waals surface area contributed by atoms with E-state index in [2.05, 4.69) is 10.3 Å². The summed E-state index contributed by atoms with van der Waals surface area (Å²) < 4.78 is 44.4. The van der Waals surface area contributed by atoms with Crippen LogP contribution in [0.25, 0.3) is 10.2 Å². The first-order valence-electron chi connectivity index (χ1n) is 11.0. The third-order valence-corrected chi connectivity index (χ3v) is 5.96. The molecule has 0 aliphatic rings. The SMILES string of the molecule is CN(C)C(=O)/C=C/CCCC(=O)Nc1cccn(Cc2nc3cccc(OCC(F)(F)F)c3s2)c1=O. The van der Waals surface area contributed by atoms with Gasteiger partial charge in [-0.1, -0.05) is 12.1 Å². The predicted octanol–water partition coefficient (Wildman–Crippen LogP) is 4.20. The van der Waals surface area contributed by atoms with Crippen LogP contribution in [0.4, 0.5) is 18.9 Å². The number of aromatic nitrogens is 2. The van der Waals surface area contributed by atoms with Crippen LogP contribution in [0.2, 0.25) is 0 Å². The number of hydrogen-bond donors (Lipinski definition) is 1. The number of benzene rings is 1. The first kappa shape index (κ1) is 26.9. The van der Waals surface area contributed by atoms with Crippen molar-refractivity contribution < 1.29 is 27.5 Å². The highest BCUT2D eigenvalue weighted by Crippen LogP contribution is 2.32. The molecule has 192 valence electrons. The van der Waals surface area contributed by atoms with Crippen LogP contribution in [0.5, 0.6) is 5.75 Å². The van der Waals surface area contributed by atoms with Crippen molar-refractivity contribution in [3.05, 3.63) is 64.0 Å². The molecule has 0 spiro atoms. The molecule has 2 heterocycles. The van der Waals surface area contributed by atoms with E-state index < -0.39 is 18.3 Å². The second-order valence-electron chi connectivity index (χ2n) is 8.05. The minimum Gasteiger partial charge on any atom is -0.483 e. The molecule has 0 saturated carbocycles. The quantitative estimate of drug-likeness (QED) is 0.318. The van der Waals surface area contributed by atoms with Gasteiger partial charge < -0.3 is 19.5 Å². The molecule has 0 fully saturated rings. The van der Waals surface area contributed by atoms with Gasteiger partial charge in [-0.2, -0.15) is 13.2 Å². The maximum atomic E-state index is 12.8. The first-order chi connectivity index (χ1) is 17.0. The zero-order valence-electron chi connectivity index (χ0n) is 19.7. The van der Waals surface area contributed by atoms with E-state index in [0.29, 0.717) is 28.1 Å². The highest BCUT2D eigenvalue weighted by Gasteiger charge is 2.29. The molecule has 12 heteroatoms. The van der Waals surface area contributed by atoms with Crippen LogP contribution in [-0.4, -0.2) is 53.1 Å². The molecule has 0 atom stereocenters. The van der Waals surface area contributed by atoms with Gasteiger partial charge in [0.15, 0.2) is 6.61 Å². The molecule has 0 aliphatic carbocycles. The molecule has 1 N–H and O–H groups in total.